The Kier molecular flexibility index (Phi) is 12.4. The second-order valence-electron chi connectivity index (χ2n) is 30.8. The van der Waals surface area contributed by atoms with Crippen LogP contribution in [0.25, 0.3) is 249 Å². The summed E-state index contributed by atoms with van der Waals surface area (Å²) in [5, 5.41) is 32.8. The van der Waals surface area contributed by atoms with E-state index >= 15 is 0 Å². The summed E-state index contributed by atoms with van der Waals surface area (Å²) in [6.07, 6.45) is 3.72. The third-order valence-electron chi connectivity index (χ3n) is 24.7. The molecule has 0 unspecified atom stereocenters. The molecule has 8 nitrogen and oxygen atoms in total. The molecule has 1 aliphatic rings. The van der Waals surface area contributed by atoms with Crippen molar-refractivity contribution < 1.29 is 17.7 Å². The first kappa shape index (κ1) is 61.9. The van der Waals surface area contributed by atoms with Crippen LogP contribution >= 0.6 is 22.7 Å². The van der Waals surface area contributed by atoms with Gasteiger partial charge in [0.05, 0.1) is 32.8 Å². The van der Waals surface area contributed by atoms with Crippen LogP contribution in [0.4, 0.5) is 0 Å². The van der Waals surface area contributed by atoms with Gasteiger partial charge in [0.25, 0.3) is 0 Å². The Labute approximate surface area is 650 Å². The van der Waals surface area contributed by atoms with Gasteiger partial charge in [-0.2, -0.15) is 0 Å². The summed E-state index contributed by atoms with van der Waals surface area (Å²) >= 11 is 3.69. The number of pyridine rings is 2. The van der Waals surface area contributed by atoms with Gasteiger partial charge in [0.15, 0.2) is 0 Å². The third kappa shape index (κ3) is 8.41. The van der Waals surface area contributed by atoms with Gasteiger partial charge in [0.1, 0.15) is 41.6 Å². The summed E-state index contributed by atoms with van der Waals surface area (Å²) in [5.41, 5.74) is 18.5. The molecule has 1 aliphatic heterocycles. The molecule has 0 spiro atoms. The normalized spacial score (nSPS) is 13.1. The Morgan fingerprint density at radius 3 is 1.21 bits per heavy atom. The van der Waals surface area contributed by atoms with Gasteiger partial charge in [-0.1, -0.05) is 207 Å². The van der Waals surface area contributed by atoms with E-state index in [4.69, 9.17) is 17.7 Å². The van der Waals surface area contributed by atoms with Crippen molar-refractivity contribution >= 4 is 256 Å². The van der Waals surface area contributed by atoms with Crippen molar-refractivity contribution in [1.82, 2.24) is 19.1 Å². The molecule has 0 aliphatic carbocycles. The Hall–Kier alpha value is -13.9. The zero-order valence-corrected chi connectivity index (χ0v) is 63.4. The minimum absolute atomic E-state index is 0.685. The van der Waals surface area contributed by atoms with Gasteiger partial charge in [-0.3, -0.25) is 0 Å². The standard InChI is InChI=1S/C38H24O2Si.C35H18N2OS.C29H16N2OS/c1-41(2)32-15-7-13-29-34(32)36-31(39-29)20-27(38-37(36)35-30(40-38)14-8-16-33(35)41)21-17-18-26-24-11-4-3-9-22(24)23-10-5-6-12-25(23)28(26)19-21;1-2-8-22-20(6-1)21-7-3-4-9-23(21)25-18-19(12-13-24(22)25)37-26-10-5-11-29-31(26)34-30(39-29)15-14-28-33(34)32-27(37)16-17-36-35(32)38-28;1-2-5-17(6-3-1)18-9-11-19(12-10-18)31-20-7-4-8-23-25(20)28-24(33-23)14-13-22-27(28)26-21(31)15-16-30-29(26)32-22/h3-20H,1-2H3;1-18H;1-16H. The average Bonchev–Trinajstić information content (AvgIpc) is 1.53. The Morgan fingerprint density at radius 2 is 0.664 bits per heavy atom. The lowest BCUT2D eigenvalue weighted by molar-refractivity contribution is 0.654. The number of rotatable bonds is 4. The number of furan rings is 4. The lowest BCUT2D eigenvalue weighted by atomic mass is 9.91. The minimum Gasteiger partial charge on any atom is -0.456 e. The van der Waals surface area contributed by atoms with Gasteiger partial charge in [0, 0.05) is 102 Å². The molecule has 0 saturated carbocycles. The van der Waals surface area contributed by atoms with E-state index in [1.54, 1.807) is 0 Å². The monoisotopic (exact) mass is 1490 g/mol. The highest BCUT2D eigenvalue weighted by Crippen LogP contribution is 2.52. The maximum Gasteiger partial charge on any atom is 0.229 e. The van der Waals surface area contributed by atoms with Crippen molar-refractivity contribution in [3.8, 4) is 33.6 Å². The topological polar surface area (TPSA) is 88.2 Å². The van der Waals surface area contributed by atoms with Crippen molar-refractivity contribution in [2.24, 2.45) is 0 Å². The van der Waals surface area contributed by atoms with Gasteiger partial charge < -0.3 is 26.8 Å². The molecule has 0 bridgehead atoms. The molecule has 28 rings (SSSR count). The van der Waals surface area contributed by atoms with Crippen LogP contribution in [0.3, 0.4) is 0 Å². The van der Waals surface area contributed by atoms with Crippen LogP contribution in [-0.4, -0.2) is 27.2 Å². The van der Waals surface area contributed by atoms with Crippen LogP contribution in [0.1, 0.15) is 0 Å². The third-order valence-corrected chi connectivity index (χ3v) is 30.5. The predicted octanol–water partition coefficient (Wildman–Crippen LogP) is 28.3. The molecular weight excluding hydrogens is 1440 g/mol. The molecule has 0 amide bonds. The highest BCUT2D eigenvalue weighted by molar-refractivity contribution is 7.26. The van der Waals surface area contributed by atoms with E-state index in [0.29, 0.717) is 11.4 Å². The van der Waals surface area contributed by atoms with E-state index in [1.165, 1.54) is 170 Å². The second kappa shape index (κ2) is 22.6. The molecule has 0 radical (unpaired) electrons. The smallest absolute Gasteiger partial charge is 0.229 e. The average molecular weight is 1500 g/mol. The quantitative estimate of drug-likeness (QED) is 0.129. The SMILES string of the molecule is C[Si]1(C)c2cccc3oc4cc(-c5ccc6c7ccccc7c7ccccc7c6c5)c5oc6cccc1c6c5c4c23.c1ccc(-c2ccc(-n3c4ccnc5oc6ccc7sc8cccc3c8c7c6c54)cc2)cc1.c1ccc2c(c1)c1ccccc1c1cc(-n3c4ccnc5oc6ccc7sc8cccc3c8c7c6c54)ccc21. The lowest BCUT2D eigenvalue weighted by Crippen LogP contribution is -2.52. The molecule has 27 aromatic rings. The first-order valence-electron chi connectivity index (χ1n) is 38.4. The minimum atomic E-state index is -2.03. The lowest BCUT2D eigenvalue weighted by Gasteiger charge is -2.24. The van der Waals surface area contributed by atoms with E-state index in [-0.39, 0.29) is 0 Å². The van der Waals surface area contributed by atoms with Crippen LogP contribution in [0, 0.1) is 0 Å². The van der Waals surface area contributed by atoms with E-state index in [2.05, 4.69) is 336 Å². The fraction of sp³-hybridized carbons (Fsp3) is 0.0196. The van der Waals surface area contributed by atoms with Gasteiger partial charge in [-0.05, 0) is 201 Å². The van der Waals surface area contributed by atoms with Crippen molar-refractivity contribution in [1.29, 1.82) is 0 Å². The van der Waals surface area contributed by atoms with E-state index < -0.39 is 8.07 Å². The van der Waals surface area contributed by atoms with Gasteiger partial charge in [0.2, 0.25) is 11.4 Å². The van der Waals surface area contributed by atoms with E-state index in [0.717, 1.165) is 77.8 Å². The van der Waals surface area contributed by atoms with Gasteiger partial charge in [-0.15, -0.1) is 22.7 Å². The fourth-order valence-corrected chi connectivity index (χ4v) is 25.2. The zero-order chi connectivity index (χ0) is 73.8. The summed E-state index contributed by atoms with van der Waals surface area (Å²) in [5.74, 6) is 0. The number of hydrogen-bond acceptors (Lipinski definition) is 8. The molecule has 11 heterocycles. The van der Waals surface area contributed by atoms with Crippen LogP contribution in [0.15, 0.2) is 333 Å². The number of fused-ring (bicyclic) bond motifs is 12. The predicted molar refractivity (Wildman–Crippen MR) is 479 cm³/mol. The summed E-state index contributed by atoms with van der Waals surface area (Å²) < 4.78 is 35.9. The Bertz CT molecular complexity index is 8530. The Morgan fingerprint density at radius 1 is 0.257 bits per heavy atom. The summed E-state index contributed by atoms with van der Waals surface area (Å²) in [6, 6.07) is 110. The van der Waals surface area contributed by atoms with Crippen LogP contribution in [0.5, 0.6) is 0 Å². The van der Waals surface area contributed by atoms with Crippen molar-refractivity contribution in [3.05, 3.63) is 316 Å². The summed E-state index contributed by atoms with van der Waals surface area (Å²) in [7, 11) is -2.03. The van der Waals surface area contributed by atoms with Crippen LogP contribution in [0.2, 0.25) is 13.1 Å². The molecule has 113 heavy (non-hydrogen) atoms. The largest absolute Gasteiger partial charge is 0.456 e. The van der Waals surface area contributed by atoms with Gasteiger partial charge in [-0.25, -0.2) is 9.97 Å². The van der Waals surface area contributed by atoms with E-state index in [9.17, 15) is 0 Å². The molecule has 0 fully saturated rings. The molecule has 0 N–H and O–H groups in total. The van der Waals surface area contributed by atoms with Gasteiger partial charge >= 0.3 is 0 Å². The van der Waals surface area contributed by atoms with Crippen molar-refractivity contribution in [2.75, 3.05) is 0 Å². The first-order valence-corrected chi connectivity index (χ1v) is 43.0. The molecular formula is C102H58N4O4S2Si. The van der Waals surface area contributed by atoms with Crippen molar-refractivity contribution in [2.45, 2.75) is 13.1 Å². The molecule has 526 valence electrons. The highest BCUT2D eigenvalue weighted by atomic mass is 32.1. The summed E-state index contributed by atoms with van der Waals surface area (Å²) in [6.45, 7) is 4.92. The molecule has 17 aromatic carbocycles. The second-order valence-corrected chi connectivity index (χ2v) is 37.3. The number of aromatic nitrogens is 4. The van der Waals surface area contributed by atoms with E-state index in [1.807, 2.05) is 35.1 Å². The number of nitrogens with zero attached hydrogens (tertiary/aromatic N) is 4. The number of thiophene rings is 2. The number of hydrogen-bond donors (Lipinski definition) is 0. The first-order chi connectivity index (χ1) is 55.8. The molecule has 0 saturated heterocycles. The van der Waals surface area contributed by atoms with Crippen LogP contribution < -0.4 is 10.4 Å². The number of benzene rings is 17. The Balaban J connectivity index is 0.0000000942. The summed E-state index contributed by atoms with van der Waals surface area (Å²) in [4.78, 5) is 9.25. The molecule has 11 heteroatoms. The molecule has 10 aromatic heterocycles. The molecule has 0 atom stereocenters. The maximum atomic E-state index is 6.82. The van der Waals surface area contributed by atoms with Crippen LogP contribution in [-0.2, 0) is 0 Å². The zero-order valence-electron chi connectivity index (χ0n) is 60.8. The highest BCUT2D eigenvalue weighted by Gasteiger charge is 2.37. The fourth-order valence-electron chi connectivity index (χ4n) is 19.9. The van der Waals surface area contributed by atoms with Crippen molar-refractivity contribution in [3.63, 3.8) is 0 Å². The maximum absolute atomic E-state index is 6.82.